The molecule has 0 atom stereocenters. The Hall–Kier alpha value is -2.69. The van der Waals surface area contributed by atoms with Crippen LogP contribution in [0.5, 0.6) is 0 Å². The van der Waals surface area contributed by atoms with Crippen LogP contribution in [0.25, 0.3) is 11.3 Å². The molecule has 0 radical (unpaired) electrons. The van der Waals surface area contributed by atoms with Crippen LogP contribution >= 0.6 is 0 Å². The first-order valence-corrected chi connectivity index (χ1v) is 5.41. The molecule has 3 aromatic rings. The molecule has 5 nitrogen and oxygen atoms in total. The van der Waals surface area contributed by atoms with Gasteiger partial charge < -0.3 is 0 Å². The molecule has 0 amide bonds. The molecule has 0 bridgehead atoms. The van der Waals surface area contributed by atoms with E-state index in [1.807, 2.05) is 30.3 Å². The van der Waals surface area contributed by atoms with Crippen LogP contribution in [-0.2, 0) is 0 Å². The van der Waals surface area contributed by atoms with Crippen molar-refractivity contribution in [3.8, 4) is 5.69 Å². The second-order valence-electron chi connectivity index (χ2n) is 3.80. The standard InChI is InChI=1S/C13H9N3O2/c17-9-10-8-13(18)16-12(14-10)6-7-15(16)11-4-2-1-3-5-11/h1-9H. The zero-order valence-electron chi connectivity index (χ0n) is 9.35. The molecule has 0 fully saturated rings. The number of fused-ring (bicyclic) bond motifs is 1. The third kappa shape index (κ3) is 1.53. The van der Waals surface area contributed by atoms with Gasteiger partial charge in [-0.25, -0.2) is 4.98 Å². The number of rotatable bonds is 2. The Morgan fingerprint density at radius 2 is 1.89 bits per heavy atom. The molecule has 0 saturated heterocycles. The lowest BCUT2D eigenvalue weighted by atomic mass is 10.3. The van der Waals surface area contributed by atoms with Gasteiger partial charge in [0.25, 0.3) is 5.56 Å². The van der Waals surface area contributed by atoms with E-state index in [4.69, 9.17) is 0 Å². The van der Waals surface area contributed by atoms with Crippen molar-refractivity contribution in [1.29, 1.82) is 0 Å². The van der Waals surface area contributed by atoms with Crippen molar-refractivity contribution in [3.63, 3.8) is 0 Å². The summed E-state index contributed by atoms with van der Waals surface area (Å²) in [6, 6.07) is 12.4. The molecule has 2 aromatic heterocycles. The van der Waals surface area contributed by atoms with Crippen LogP contribution in [0.2, 0.25) is 0 Å². The molecule has 1 aromatic carbocycles. The predicted octanol–water partition coefficient (Wildman–Crippen LogP) is 1.30. The fourth-order valence-corrected chi connectivity index (χ4v) is 1.88. The largest absolute Gasteiger partial charge is 0.296 e. The minimum atomic E-state index is -0.282. The smallest absolute Gasteiger partial charge is 0.273 e. The van der Waals surface area contributed by atoms with Crippen LogP contribution in [0.15, 0.2) is 53.5 Å². The summed E-state index contributed by atoms with van der Waals surface area (Å²) in [6.45, 7) is 0. The molecule has 0 unspecified atom stereocenters. The Morgan fingerprint density at radius 1 is 1.11 bits per heavy atom. The first kappa shape index (κ1) is 10.5. The van der Waals surface area contributed by atoms with Gasteiger partial charge in [-0.1, -0.05) is 18.2 Å². The van der Waals surface area contributed by atoms with Gasteiger partial charge in [-0.2, -0.15) is 4.52 Å². The minimum absolute atomic E-state index is 0.144. The Morgan fingerprint density at radius 3 is 2.61 bits per heavy atom. The number of carbonyl (C=O) groups is 1. The van der Waals surface area contributed by atoms with Crippen molar-refractivity contribution < 1.29 is 4.79 Å². The van der Waals surface area contributed by atoms with Gasteiger partial charge in [0, 0.05) is 18.3 Å². The monoisotopic (exact) mass is 239 g/mol. The highest BCUT2D eigenvalue weighted by atomic mass is 16.1. The molecule has 0 saturated carbocycles. The highest BCUT2D eigenvalue weighted by Crippen LogP contribution is 2.08. The van der Waals surface area contributed by atoms with E-state index < -0.39 is 0 Å². The summed E-state index contributed by atoms with van der Waals surface area (Å²) in [7, 11) is 0. The van der Waals surface area contributed by atoms with Crippen molar-refractivity contribution in [1.82, 2.24) is 14.2 Å². The highest BCUT2D eigenvalue weighted by Gasteiger charge is 2.07. The van der Waals surface area contributed by atoms with Crippen LogP contribution in [0, 0.1) is 0 Å². The van der Waals surface area contributed by atoms with Gasteiger partial charge in [0.05, 0.1) is 5.69 Å². The SMILES string of the molecule is O=Cc1cc(=O)n2c(ccn2-c2ccccc2)n1. The van der Waals surface area contributed by atoms with Gasteiger partial charge in [0.1, 0.15) is 5.69 Å². The third-order valence-corrected chi connectivity index (χ3v) is 2.66. The van der Waals surface area contributed by atoms with Crippen LogP contribution < -0.4 is 5.56 Å². The van der Waals surface area contributed by atoms with Crippen LogP contribution in [-0.4, -0.2) is 20.5 Å². The lowest BCUT2D eigenvalue weighted by molar-refractivity contribution is 0.111. The number of aromatic nitrogens is 3. The maximum Gasteiger partial charge on any atom is 0.273 e. The fraction of sp³-hybridized carbons (Fsp3) is 0. The second-order valence-corrected chi connectivity index (χ2v) is 3.80. The van der Waals surface area contributed by atoms with Gasteiger partial charge in [0.2, 0.25) is 0 Å². The molecule has 0 N–H and O–H groups in total. The lowest BCUT2D eigenvalue weighted by Crippen LogP contribution is -2.20. The van der Waals surface area contributed by atoms with Crippen molar-refractivity contribution >= 4 is 11.9 Å². The molecule has 5 heteroatoms. The molecule has 0 aliphatic carbocycles. The van der Waals surface area contributed by atoms with Crippen molar-refractivity contribution in [3.05, 3.63) is 64.7 Å². The first-order chi connectivity index (χ1) is 8.79. The third-order valence-electron chi connectivity index (χ3n) is 2.66. The topological polar surface area (TPSA) is 56.4 Å². The van der Waals surface area contributed by atoms with Crippen LogP contribution in [0.3, 0.4) is 0 Å². The molecule has 2 heterocycles. The van der Waals surface area contributed by atoms with E-state index >= 15 is 0 Å². The predicted molar refractivity (Wildman–Crippen MR) is 66.2 cm³/mol. The second kappa shape index (κ2) is 3.96. The lowest BCUT2D eigenvalue weighted by Gasteiger charge is -2.05. The van der Waals surface area contributed by atoms with Gasteiger partial charge in [-0.05, 0) is 12.1 Å². The van der Waals surface area contributed by atoms with Crippen molar-refractivity contribution in [2.24, 2.45) is 0 Å². The zero-order valence-corrected chi connectivity index (χ0v) is 9.35. The number of hydrogen-bond acceptors (Lipinski definition) is 3. The summed E-state index contributed by atoms with van der Waals surface area (Å²) in [5.74, 6) is 0. The number of hydrogen-bond donors (Lipinski definition) is 0. The molecule has 0 aliphatic heterocycles. The van der Waals surface area contributed by atoms with Gasteiger partial charge in [-0.3, -0.25) is 14.3 Å². The van der Waals surface area contributed by atoms with E-state index in [0.29, 0.717) is 11.9 Å². The summed E-state index contributed by atoms with van der Waals surface area (Å²) < 4.78 is 3.11. The van der Waals surface area contributed by atoms with E-state index in [0.717, 1.165) is 5.69 Å². The first-order valence-electron chi connectivity index (χ1n) is 5.41. The quantitative estimate of drug-likeness (QED) is 0.633. The molecule has 18 heavy (non-hydrogen) atoms. The van der Waals surface area contributed by atoms with Crippen molar-refractivity contribution in [2.45, 2.75) is 0 Å². The number of carbonyl (C=O) groups excluding carboxylic acids is 1. The highest BCUT2D eigenvalue weighted by molar-refractivity contribution is 5.72. The van der Waals surface area contributed by atoms with Gasteiger partial charge in [0.15, 0.2) is 11.9 Å². The average molecular weight is 239 g/mol. The summed E-state index contributed by atoms with van der Waals surface area (Å²) in [5.41, 5.74) is 1.17. The number of para-hydroxylation sites is 1. The summed E-state index contributed by atoms with van der Waals surface area (Å²) in [6.07, 6.45) is 2.31. The molecular formula is C13H9N3O2. The van der Waals surface area contributed by atoms with Crippen molar-refractivity contribution in [2.75, 3.05) is 0 Å². The summed E-state index contributed by atoms with van der Waals surface area (Å²) >= 11 is 0. The van der Waals surface area contributed by atoms with Gasteiger partial charge in [-0.15, -0.1) is 0 Å². The average Bonchev–Trinajstić information content (AvgIpc) is 2.84. The maximum atomic E-state index is 12.0. The Labute approximate surface area is 102 Å². The fourth-order valence-electron chi connectivity index (χ4n) is 1.88. The molecule has 0 spiro atoms. The molecular weight excluding hydrogens is 230 g/mol. The summed E-state index contributed by atoms with van der Waals surface area (Å²) in [4.78, 5) is 26.7. The Bertz CT molecular complexity index is 772. The zero-order chi connectivity index (χ0) is 12.5. The van der Waals surface area contributed by atoms with Crippen LogP contribution in [0.4, 0.5) is 0 Å². The van der Waals surface area contributed by atoms with Gasteiger partial charge >= 0.3 is 0 Å². The van der Waals surface area contributed by atoms with E-state index in [2.05, 4.69) is 4.98 Å². The van der Waals surface area contributed by atoms with E-state index in [1.54, 1.807) is 16.9 Å². The molecule has 0 aliphatic rings. The molecule has 88 valence electrons. The van der Waals surface area contributed by atoms with E-state index in [9.17, 15) is 9.59 Å². The Balaban J connectivity index is 2.34. The minimum Gasteiger partial charge on any atom is -0.296 e. The van der Waals surface area contributed by atoms with E-state index in [-0.39, 0.29) is 11.3 Å². The molecule has 3 rings (SSSR count). The number of aldehydes is 1. The normalized spacial score (nSPS) is 10.7. The Kier molecular flexibility index (Phi) is 2.30. The van der Waals surface area contributed by atoms with E-state index in [1.165, 1.54) is 10.6 Å². The summed E-state index contributed by atoms with van der Waals surface area (Å²) in [5, 5.41) is 0. The van der Waals surface area contributed by atoms with Crippen LogP contribution in [0.1, 0.15) is 10.5 Å². The number of nitrogens with zero attached hydrogens (tertiary/aromatic N) is 3. The maximum absolute atomic E-state index is 12.0. The number of benzene rings is 1.